The summed E-state index contributed by atoms with van der Waals surface area (Å²) in [5.74, 6) is 0. The van der Waals surface area contributed by atoms with Gasteiger partial charge in [-0.05, 0) is 57.9 Å². The number of hydrogen-bond acceptors (Lipinski definition) is 4. The molecule has 4 nitrogen and oxygen atoms in total. The second-order valence-corrected chi connectivity index (χ2v) is 6.48. The summed E-state index contributed by atoms with van der Waals surface area (Å²) >= 11 is 0. The summed E-state index contributed by atoms with van der Waals surface area (Å²) in [4.78, 5) is 5.36. The molecule has 1 N–H and O–H groups in total. The van der Waals surface area contributed by atoms with E-state index in [1.807, 2.05) is 12.3 Å². The maximum atomic E-state index is 5.08. The molecule has 0 radical (unpaired) electrons. The van der Waals surface area contributed by atoms with Gasteiger partial charge in [-0.1, -0.05) is 6.42 Å². The molecule has 1 aromatic heterocycles. The number of furan rings is 1. The predicted molar refractivity (Wildman–Crippen MR) is 85.3 cm³/mol. The van der Waals surface area contributed by atoms with Crippen molar-refractivity contribution < 1.29 is 4.42 Å². The maximum Gasteiger partial charge on any atom is 0.0947 e. The van der Waals surface area contributed by atoms with E-state index >= 15 is 0 Å². The number of likely N-dealkylation sites (tertiary alicyclic amines) is 2. The van der Waals surface area contributed by atoms with E-state index in [9.17, 15) is 0 Å². The van der Waals surface area contributed by atoms with E-state index in [0.717, 1.165) is 19.1 Å². The van der Waals surface area contributed by atoms with Crippen LogP contribution < -0.4 is 5.32 Å². The first-order valence-corrected chi connectivity index (χ1v) is 8.60. The van der Waals surface area contributed by atoms with Crippen molar-refractivity contribution >= 4 is 0 Å². The number of nitrogens with one attached hydrogen (secondary N) is 1. The highest BCUT2D eigenvalue weighted by atomic mass is 16.3. The van der Waals surface area contributed by atoms with Crippen LogP contribution in [0.15, 0.2) is 23.0 Å². The van der Waals surface area contributed by atoms with Gasteiger partial charge in [0.05, 0.1) is 12.5 Å². The van der Waals surface area contributed by atoms with Crippen LogP contribution in [0.25, 0.3) is 0 Å². The van der Waals surface area contributed by atoms with Crippen LogP contribution in [0.3, 0.4) is 0 Å². The molecule has 0 saturated carbocycles. The average Bonchev–Trinajstić information content (AvgIpc) is 3.06. The van der Waals surface area contributed by atoms with Crippen LogP contribution in [-0.4, -0.2) is 55.1 Å². The fourth-order valence-corrected chi connectivity index (χ4v) is 3.65. The molecule has 2 fully saturated rings. The molecule has 0 aromatic carbocycles. The molecule has 2 aliphatic rings. The van der Waals surface area contributed by atoms with Crippen molar-refractivity contribution in [3.63, 3.8) is 0 Å². The zero-order chi connectivity index (χ0) is 14.3. The zero-order valence-corrected chi connectivity index (χ0v) is 13.1. The fourth-order valence-electron chi connectivity index (χ4n) is 3.65. The van der Waals surface area contributed by atoms with E-state index in [-0.39, 0.29) is 0 Å². The van der Waals surface area contributed by atoms with Gasteiger partial charge < -0.3 is 19.5 Å². The number of nitrogens with zero attached hydrogens (tertiary/aromatic N) is 2. The monoisotopic (exact) mass is 291 g/mol. The predicted octanol–water partition coefficient (Wildman–Crippen LogP) is 2.32. The van der Waals surface area contributed by atoms with E-state index < -0.39 is 0 Å². The highest BCUT2D eigenvalue weighted by Crippen LogP contribution is 2.20. The Hall–Kier alpha value is -0.840. The van der Waals surface area contributed by atoms with Gasteiger partial charge in [0, 0.05) is 31.2 Å². The van der Waals surface area contributed by atoms with Crippen LogP contribution >= 0.6 is 0 Å². The summed E-state index contributed by atoms with van der Waals surface area (Å²) in [6.07, 6.45) is 10.6. The zero-order valence-electron chi connectivity index (χ0n) is 13.1. The van der Waals surface area contributed by atoms with Gasteiger partial charge in [-0.3, -0.25) is 0 Å². The lowest BCUT2D eigenvalue weighted by Crippen LogP contribution is -2.47. The molecular formula is C17H29N3O. The Bertz CT molecular complexity index is 379. The van der Waals surface area contributed by atoms with E-state index in [1.54, 1.807) is 6.26 Å². The van der Waals surface area contributed by atoms with Crippen molar-refractivity contribution in [1.82, 2.24) is 15.1 Å². The molecule has 1 aromatic rings. The lowest BCUT2D eigenvalue weighted by Gasteiger charge is -2.40. The summed E-state index contributed by atoms with van der Waals surface area (Å²) in [6, 6.07) is 2.89. The van der Waals surface area contributed by atoms with Crippen LogP contribution in [0.1, 0.15) is 37.7 Å². The van der Waals surface area contributed by atoms with Gasteiger partial charge in [0.15, 0.2) is 0 Å². The minimum atomic E-state index is 0.862. The van der Waals surface area contributed by atoms with E-state index in [2.05, 4.69) is 15.1 Å². The Morgan fingerprint density at radius 1 is 1.10 bits per heavy atom. The fraction of sp³-hybridized carbons (Fsp3) is 0.765. The molecule has 0 spiro atoms. The van der Waals surface area contributed by atoms with Gasteiger partial charge in [-0.2, -0.15) is 0 Å². The Kier molecular flexibility index (Phi) is 5.72. The normalized spacial score (nSPS) is 22.7. The second-order valence-electron chi connectivity index (χ2n) is 6.48. The van der Waals surface area contributed by atoms with E-state index in [4.69, 9.17) is 4.42 Å². The van der Waals surface area contributed by atoms with Gasteiger partial charge in [0.1, 0.15) is 0 Å². The highest BCUT2D eigenvalue weighted by molar-refractivity contribution is 5.04. The molecule has 2 saturated heterocycles. The smallest absolute Gasteiger partial charge is 0.0947 e. The third kappa shape index (κ3) is 4.56. The second kappa shape index (κ2) is 7.97. The molecule has 21 heavy (non-hydrogen) atoms. The Balaban J connectivity index is 1.28. The first kappa shape index (κ1) is 15.1. The van der Waals surface area contributed by atoms with Crippen molar-refractivity contribution in [2.75, 3.05) is 39.3 Å². The minimum Gasteiger partial charge on any atom is -0.472 e. The van der Waals surface area contributed by atoms with Crippen molar-refractivity contribution in [2.24, 2.45) is 0 Å². The summed E-state index contributed by atoms with van der Waals surface area (Å²) in [5.41, 5.74) is 1.24. The summed E-state index contributed by atoms with van der Waals surface area (Å²) in [7, 11) is 0. The van der Waals surface area contributed by atoms with Crippen LogP contribution in [0, 0.1) is 0 Å². The molecule has 0 bridgehead atoms. The lowest BCUT2D eigenvalue weighted by atomic mass is 10.00. The molecule has 0 amide bonds. The molecule has 0 unspecified atom stereocenters. The summed E-state index contributed by atoms with van der Waals surface area (Å²) < 4.78 is 5.08. The molecule has 4 heteroatoms. The van der Waals surface area contributed by atoms with Crippen molar-refractivity contribution in [3.05, 3.63) is 24.2 Å². The van der Waals surface area contributed by atoms with Gasteiger partial charge in [0.25, 0.3) is 0 Å². The van der Waals surface area contributed by atoms with Crippen LogP contribution in [0.5, 0.6) is 0 Å². The van der Waals surface area contributed by atoms with Crippen molar-refractivity contribution in [1.29, 1.82) is 0 Å². The third-order valence-electron chi connectivity index (χ3n) is 4.98. The quantitative estimate of drug-likeness (QED) is 0.815. The highest BCUT2D eigenvalue weighted by Gasteiger charge is 2.25. The average molecular weight is 291 g/mol. The number of piperidine rings is 2. The first-order valence-electron chi connectivity index (χ1n) is 8.60. The summed E-state index contributed by atoms with van der Waals surface area (Å²) in [6.45, 7) is 8.39. The van der Waals surface area contributed by atoms with Crippen LogP contribution in [-0.2, 0) is 6.54 Å². The lowest BCUT2D eigenvalue weighted by molar-refractivity contribution is 0.0929. The Morgan fingerprint density at radius 2 is 1.90 bits per heavy atom. The third-order valence-corrected chi connectivity index (χ3v) is 4.98. The molecule has 0 aliphatic carbocycles. The molecule has 2 aliphatic heterocycles. The standard InChI is InChI=1S/C17H29N3O/c1-2-8-20(9-3-1)17-4-10-19(11-5-17)12-7-18-14-16-6-13-21-15-16/h6,13,15,17-18H,1-5,7-12,14H2. The molecular weight excluding hydrogens is 262 g/mol. The number of hydrogen-bond donors (Lipinski definition) is 1. The minimum absolute atomic E-state index is 0.862. The van der Waals surface area contributed by atoms with Crippen LogP contribution in [0.2, 0.25) is 0 Å². The Morgan fingerprint density at radius 3 is 2.62 bits per heavy atom. The molecule has 118 valence electrons. The molecule has 0 atom stereocenters. The topological polar surface area (TPSA) is 31.6 Å². The van der Waals surface area contributed by atoms with Crippen molar-refractivity contribution in [2.45, 2.75) is 44.7 Å². The van der Waals surface area contributed by atoms with E-state index in [1.165, 1.54) is 70.4 Å². The molecule has 3 rings (SSSR count). The van der Waals surface area contributed by atoms with E-state index in [0.29, 0.717) is 0 Å². The number of rotatable bonds is 6. The maximum absolute atomic E-state index is 5.08. The summed E-state index contributed by atoms with van der Waals surface area (Å²) in [5, 5.41) is 3.50. The van der Waals surface area contributed by atoms with Crippen LogP contribution in [0.4, 0.5) is 0 Å². The van der Waals surface area contributed by atoms with Gasteiger partial charge in [-0.25, -0.2) is 0 Å². The first-order chi connectivity index (χ1) is 10.4. The largest absolute Gasteiger partial charge is 0.472 e. The van der Waals surface area contributed by atoms with Crippen molar-refractivity contribution in [3.8, 4) is 0 Å². The SMILES string of the molecule is c1cc(CNCCN2CCC(N3CCCCC3)CC2)co1. The van der Waals surface area contributed by atoms with Gasteiger partial charge >= 0.3 is 0 Å². The van der Waals surface area contributed by atoms with Gasteiger partial charge in [0.2, 0.25) is 0 Å². The molecule has 3 heterocycles. The van der Waals surface area contributed by atoms with Gasteiger partial charge in [-0.15, -0.1) is 0 Å². The Labute approximate surface area is 128 Å².